The quantitative estimate of drug-likeness (QED) is 0.451. The molecule has 25 heavy (non-hydrogen) atoms. The number of fused-ring (bicyclic) bond motifs is 1. The standard InChI is InChI=1S/C21H21N3S/c22-21(20-7-4-12-25-20)24-17-10-8-16-9-11-19(18(16)13-17)23-14-15-5-2-1-3-6-15/h1-8,10,12-13,19,23H,9,11,14H2,(H2,22,24). The van der Waals surface area contributed by atoms with Crippen molar-refractivity contribution in [3.63, 3.8) is 0 Å². The minimum atomic E-state index is 0.382. The van der Waals surface area contributed by atoms with Crippen LogP contribution in [0.5, 0.6) is 0 Å². The van der Waals surface area contributed by atoms with Crippen molar-refractivity contribution in [1.82, 2.24) is 5.32 Å². The summed E-state index contributed by atoms with van der Waals surface area (Å²) in [4.78, 5) is 0.958. The molecule has 4 rings (SSSR count). The number of rotatable bonds is 5. The van der Waals surface area contributed by atoms with E-state index >= 15 is 0 Å². The summed E-state index contributed by atoms with van der Waals surface area (Å²) in [6.45, 7) is 0.883. The third kappa shape index (κ3) is 3.65. The van der Waals surface area contributed by atoms with Crippen LogP contribution in [0.2, 0.25) is 0 Å². The lowest BCUT2D eigenvalue weighted by molar-refractivity contribution is 0.530. The van der Waals surface area contributed by atoms with Crippen LogP contribution in [0.4, 0.5) is 5.69 Å². The van der Waals surface area contributed by atoms with E-state index in [1.54, 1.807) is 11.3 Å². The zero-order valence-corrected chi connectivity index (χ0v) is 14.8. The van der Waals surface area contributed by atoms with Crippen LogP contribution >= 0.6 is 11.3 Å². The van der Waals surface area contributed by atoms with Crippen molar-refractivity contribution in [3.8, 4) is 0 Å². The molecule has 1 aliphatic rings. The Bertz CT molecular complexity index is 856. The Balaban J connectivity index is 1.46. The highest BCUT2D eigenvalue weighted by Gasteiger charge is 2.22. The molecule has 126 valence electrons. The molecular weight excluding hydrogens is 326 g/mol. The molecule has 3 aromatic rings. The summed E-state index contributed by atoms with van der Waals surface area (Å²) in [5, 5.41) is 17.1. The van der Waals surface area contributed by atoms with Gasteiger partial charge in [-0.3, -0.25) is 5.41 Å². The first-order valence-electron chi connectivity index (χ1n) is 8.59. The molecule has 0 saturated carbocycles. The zero-order chi connectivity index (χ0) is 17.1. The first kappa shape index (κ1) is 16.1. The molecule has 0 aliphatic heterocycles. The van der Waals surface area contributed by atoms with E-state index < -0.39 is 0 Å². The van der Waals surface area contributed by atoms with Crippen LogP contribution in [0.15, 0.2) is 66.0 Å². The highest BCUT2D eigenvalue weighted by atomic mass is 32.1. The highest BCUT2D eigenvalue weighted by Crippen LogP contribution is 2.33. The van der Waals surface area contributed by atoms with Gasteiger partial charge in [0.15, 0.2) is 0 Å². The lowest BCUT2D eigenvalue weighted by Crippen LogP contribution is -2.19. The molecule has 0 radical (unpaired) electrons. The molecule has 3 nitrogen and oxygen atoms in total. The van der Waals surface area contributed by atoms with Gasteiger partial charge >= 0.3 is 0 Å². The van der Waals surface area contributed by atoms with Gasteiger partial charge < -0.3 is 10.6 Å². The van der Waals surface area contributed by atoms with Crippen LogP contribution in [-0.4, -0.2) is 5.84 Å². The minimum Gasteiger partial charge on any atom is -0.340 e. The Hall–Kier alpha value is -2.43. The second kappa shape index (κ2) is 7.21. The second-order valence-corrected chi connectivity index (χ2v) is 7.30. The van der Waals surface area contributed by atoms with Gasteiger partial charge in [-0.25, -0.2) is 0 Å². The van der Waals surface area contributed by atoms with E-state index in [9.17, 15) is 0 Å². The summed E-state index contributed by atoms with van der Waals surface area (Å²) >= 11 is 1.58. The van der Waals surface area contributed by atoms with Crippen molar-refractivity contribution < 1.29 is 0 Å². The summed E-state index contributed by atoms with van der Waals surface area (Å²) in [5.74, 6) is 0.460. The number of anilines is 1. The van der Waals surface area contributed by atoms with Crippen LogP contribution in [0.3, 0.4) is 0 Å². The maximum atomic E-state index is 8.21. The molecule has 1 unspecified atom stereocenters. The zero-order valence-electron chi connectivity index (χ0n) is 14.0. The number of benzene rings is 2. The number of nitrogens with one attached hydrogen (secondary N) is 3. The molecule has 4 heteroatoms. The van der Waals surface area contributed by atoms with E-state index in [1.807, 2.05) is 17.5 Å². The maximum Gasteiger partial charge on any atom is 0.140 e. The molecule has 3 N–H and O–H groups in total. The van der Waals surface area contributed by atoms with Gasteiger partial charge in [-0.15, -0.1) is 11.3 Å². The fourth-order valence-corrected chi connectivity index (χ4v) is 3.99. The number of amidine groups is 1. The van der Waals surface area contributed by atoms with Crippen LogP contribution in [0, 0.1) is 5.41 Å². The predicted molar refractivity (Wildman–Crippen MR) is 106 cm³/mol. The summed E-state index contributed by atoms with van der Waals surface area (Å²) in [6, 6.07) is 21.3. The molecule has 1 aliphatic carbocycles. The largest absolute Gasteiger partial charge is 0.340 e. The number of thiophene rings is 1. The number of hydrogen-bond acceptors (Lipinski definition) is 3. The molecule has 1 atom stereocenters. The van der Waals surface area contributed by atoms with Gasteiger partial charge in [-0.1, -0.05) is 42.5 Å². The van der Waals surface area contributed by atoms with Gasteiger partial charge in [0.2, 0.25) is 0 Å². The molecular formula is C21H21N3S. The van der Waals surface area contributed by atoms with Crippen molar-refractivity contribution in [2.45, 2.75) is 25.4 Å². The monoisotopic (exact) mass is 347 g/mol. The van der Waals surface area contributed by atoms with Gasteiger partial charge in [0.1, 0.15) is 5.84 Å². The fourth-order valence-electron chi connectivity index (χ4n) is 3.36. The third-order valence-electron chi connectivity index (χ3n) is 4.66. The van der Waals surface area contributed by atoms with Crippen molar-refractivity contribution in [2.24, 2.45) is 0 Å². The van der Waals surface area contributed by atoms with E-state index in [0.717, 1.165) is 30.0 Å². The summed E-state index contributed by atoms with van der Waals surface area (Å²) in [5.41, 5.74) is 5.08. The van der Waals surface area contributed by atoms with E-state index in [2.05, 4.69) is 59.2 Å². The molecule has 1 aromatic heterocycles. The average Bonchev–Trinajstić information content (AvgIpc) is 3.31. The van der Waals surface area contributed by atoms with Crippen molar-refractivity contribution in [3.05, 3.63) is 87.6 Å². The van der Waals surface area contributed by atoms with Gasteiger partial charge in [0, 0.05) is 18.3 Å². The predicted octanol–water partition coefficient (Wildman–Crippen LogP) is 4.96. The summed E-state index contributed by atoms with van der Waals surface area (Å²) < 4.78 is 0. The third-order valence-corrected chi connectivity index (χ3v) is 5.54. The maximum absolute atomic E-state index is 8.21. The first-order valence-corrected chi connectivity index (χ1v) is 9.47. The molecule has 0 saturated heterocycles. The van der Waals surface area contributed by atoms with Gasteiger partial charge in [0.25, 0.3) is 0 Å². The lowest BCUT2D eigenvalue weighted by atomic mass is 10.1. The Labute approximate surface area is 152 Å². The van der Waals surface area contributed by atoms with Crippen LogP contribution in [-0.2, 0) is 13.0 Å². The van der Waals surface area contributed by atoms with Crippen LogP contribution < -0.4 is 10.6 Å². The molecule has 0 spiro atoms. The van der Waals surface area contributed by atoms with Gasteiger partial charge in [-0.2, -0.15) is 0 Å². The molecule has 1 heterocycles. The molecule has 0 amide bonds. The summed E-state index contributed by atoms with van der Waals surface area (Å²) in [7, 11) is 0. The molecule has 0 fully saturated rings. The highest BCUT2D eigenvalue weighted by molar-refractivity contribution is 7.12. The van der Waals surface area contributed by atoms with Crippen LogP contribution in [0.25, 0.3) is 0 Å². The number of aryl methyl sites for hydroxylation is 1. The van der Waals surface area contributed by atoms with E-state index in [4.69, 9.17) is 5.41 Å². The molecule has 0 bridgehead atoms. The smallest absolute Gasteiger partial charge is 0.140 e. The second-order valence-electron chi connectivity index (χ2n) is 6.35. The Morgan fingerprint density at radius 1 is 1.08 bits per heavy atom. The topological polar surface area (TPSA) is 47.9 Å². The number of hydrogen-bond donors (Lipinski definition) is 3. The fraction of sp³-hybridized carbons (Fsp3) is 0.190. The Morgan fingerprint density at radius 2 is 1.96 bits per heavy atom. The lowest BCUT2D eigenvalue weighted by Gasteiger charge is -2.16. The van der Waals surface area contributed by atoms with E-state index in [1.165, 1.54) is 16.7 Å². The average molecular weight is 347 g/mol. The van der Waals surface area contributed by atoms with Crippen LogP contribution in [0.1, 0.15) is 34.0 Å². The van der Waals surface area contributed by atoms with Crippen molar-refractivity contribution >= 4 is 22.9 Å². The SMILES string of the molecule is N=C(Nc1ccc2c(c1)C(NCc1ccccc1)CC2)c1cccs1. The Kier molecular flexibility index (Phi) is 4.63. The summed E-state index contributed by atoms with van der Waals surface area (Å²) in [6.07, 6.45) is 2.25. The molecule has 2 aromatic carbocycles. The van der Waals surface area contributed by atoms with Crippen molar-refractivity contribution in [2.75, 3.05) is 5.32 Å². The Morgan fingerprint density at radius 3 is 2.76 bits per heavy atom. The van der Waals surface area contributed by atoms with Crippen molar-refractivity contribution in [1.29, 1.82) is 5.41 Å². The van der Waals surface area contributed by atoms with E-state index in [0.29, 0.717) is 11.9 Å². The first-order chi connectivity index (χ1) is 12.3. The van der Waals surface area contributed by atoms with E-state index in [-0.39, 0.29) is 0 Å². The normalized spacial score (nSPS) is 15.8. The minimum absolute atomic E-state index is 0.382. The van der Waals surface area contributed by atoms with Gasteiger partial charge in [-0.05, 0) is 53.1 Å². The van der Waals surface area contributed by atoms with Gasteiger partial charge in [0.05, 0.1) is 4.88 Å².